The van der Waals surface area contributed by atoms with Crippen molar-refractivity contribution in [1.82, 2.24) is 0 Å². The van der Waals surface area contributed by atoms with Crippen LogP contribution in [0.2, 0.25) is 0 Å². The predicted octanol–water partition coefficient (Wildman–Crippen LogP) is 5.18. The van der Waals surface area contributed by atoms with Crippen LogP contribution in [0.25, 0.3) is 0 Å². The zero-order valence-electron chi connectivity index (χ0n) is 12.4. The molecule has 0 aliphatic heterocycles. The van der Waals surface area contributed by atoms with Crippen LogP contribution in [-0.4, -0.2) is 11.1 Å². The lowest BCUT2D eigenvalue weighted by atomic mass is 9.93. The van der Waals surface area contributed by atoms with Crippen LogP contribution < -0.4 is 0 Å². The molecule has 0 saturated carbocycles. The van der Waals surface area contributed by atoms with E-state index >= 15 is 0 Å². The van der Waals surface area contributed by atoms with E-state index in [1.165, 1.54) is 44.9 Å². The van der Waals surface area contributed by atoms with Gasteiger partial charge in [0.15, 0.2) is 0 Å². The monoisotopic (exact) mass is 254 g/mol. The third-order valence-corrected chi connectivity index (χ3v) is 3.65. The predicted molar refractivity (Wildman–Crippen MR) is 77.8 cm³/mol. The molecule has 0 aromatic heterocycles. The molecular weight excluding hydrogens is 224 g/mol. The van der Waals surface area contributed by atoms with Crippen molar-refractivity contribution in [2.75, 3.05) is 0 Å². The molecule has 2 nitrogen and oxygen atoms in total. The molecule has 0 aromatic carbocycles. The minimum atomic E-state index is -0.790. The van der Waals surface area contributed by atoms with Gasteiger partial charge in [-0.25, -0.2) is 4.79 Å². The van der Waals surface area contributed by atoms with Gasteiger partial charge < -0.3 is 5.11 Å². The van der Waals surface area contributed by atoms with Gasteiger partial charge in [0.1, 0.15) is 0 Å². The zero-order valence-corrected chi connectivity index (χ0v) is 12.4. The molecule has 2 heteroatoms. The number of carboxylic acids is 1. The van der Waals surface area contributed by atoms with Crippen LogP contribution in [0.5, 0.6) is 0 Å². The smallest absolute Gasteiger partial charge is 0.330 e. The van der Waals surface area contributed by atoms with E-state index < -0.39 is 5.97 Å². The molecule has 0 fully saturated rings. The minimum Gasteiger partial charge on any atom is -0.478 e. The SMILES string of the molecule is CCCCCCC(CC)CCCC=C(C)C(=O)O. The maximum Gasteiger partial charge on any atom is 0.330 e. The van der Waals surface area contributed by atoms with Crippen LogP contribution in [0.3, 0.4) is 0 Å². The first-order valence-electron chi connectivity index (χ1n) is 7.51. The van der Waals surface area contributed by atoms with Crippen LogP contribution in [0, 0.1) is 5.92 Å². The summed E-state index contributed by atoms with van der Waals surface area (Å²) >= 11 is 0. The van der Waals surface area contributed by atoms with Crippen molar-refractivity contribution in [1.29, 1.82) is 0 Å². The van der Waals surface area contributed by atoms with E-state index in [4.69, 9.17) is 5.11 Å². The number of hydrogen-bond donors (Lipinski definition) is 1. The molecule has 0 rings (SSSR count). The Kier molecular flexibility index (Phi) is 10.8. The first kappa shape index (κ1) is 17.2. The number of rotatable bonds is 11. The molecule has 0 radical (unpaired) electrons. The summed E-state index contributed by atoms with van der Waals surface area (Å²) in [5.41, 5.74) is 0.478. The summed E-state index contributed by atoms with van der Waals surface area (Å²) in [6, 6.07) is 0. The van der Waals surface area contributed by atoms with Crippen molar-refractivity contribution >= 4 is 5.97 Å². The molecule has 0 aromatic rings. The van der Waals surface area contributed by atoms with E-state index in [0.29, 0.717) is 5.57 Å². The van der Waals surface area contributed by atoms with E-state index in [1.807, 2.05) is 6.08 Å². The average Bonchev–Trinajstić information content (AvgIpc) is 2.36. The first-order chi connectivity index (χ1) is 8.61. The fourth-order valence-electron chi connectivity index (χ4n) is 2.22. The molecule has 0 heterocycles. The Morgan fingerprint density at radius 2 is 1.78 bits per heavy atom. The summed E-state index contributed by atoms with van der Waals surface area (Å²) in [6.07, 6.45) is 13.1. The summed E-state index contributed by atoms with van der Waals surface area (Å²) in [4.78, 5) is 10.6. The Morgan fingerprint density at radius 3 is 2.33 bits per heavy atom. The minimum absolute atomic E-state index is 0.478. The standard InChI is InChI=1S/C16H30O2/c1-4-6-7-8-12-15(5-2)13-10-9-11-14(3)16(17)18/h11,15H,4-10,12-13H2,1-3H3,(H,17,18). The van der Waals surface area contributed by atoms with Crippen molar-refractivity contribution in [3.63, 3.8) is 0 Å². The van der Waals surface area contributed by atoms with Gasteiger partial charge in [-0.15, -0.1) is 0 Å². The second-order valence-electron chi connectivity index (χ2n) is 5.25. The topological polar surface area (TPSA) is 37.3 Å². The first-order valence-corrected chi connectivity index (χ1v) is 7.51. The largest absolute Gasteiger partial charge is 0.478 e. The molecule has 1 N–H and O–H groups in total. The highest BCUT2D eigenvalue weighted by atomic mass is 16.4. The van der Waals surface area contributed by atoms with Gasteiger partial charge in [-0.3, -0.25) is 0 Å². The summed E-state index contributed by atoms with van der Waals surface area (Å²) in [6.45, 7) is 6.18. The van der Waals surface area contributed by atoms with Gasteiger partial charge in [0.2, 0.25) is 0 Å². The number of allylic oxidation sites excluding steroid dienone is 1. The lowest BCUT2D eigenvalue weighted by Crippen LogP contribution is -1.99. The summed E-state index contributed by atoms with van der Waals surface area (Å²) in [5.74, 6) is 0.0435. The molecule has 0 amide bonds. The number of aliphatic carboxylic acids is 1. The fraction of sp³-hybridized carbons (Fsp3) is 0.812. The van der Waals surface area contributed by atoms with E-state index in [1.54, 1.807) is 6.92 Å². The molecule has 0 bridgehead atoms. The molecule has 0 spiro atoms. The Balaban J connectivity index is 3.67. The number of carbonyl (C=O) groups is 1. The second-order valence-corrected chi connectivity index (χ2v) is 5.25. The van der Waals surface area contributed by atoms with Gasteiger partial charge in [0.25, 0.3) is 0 Å². The molecule has 106 valence electrons. The van der Waals surface area contributed by atoms with Gasteiger partial charge in [0, 0.05) is 5.57 Å². The normalized spacial score (nSPS) is 13.6. The molecule has 0 saturated heterocycles. The van der Waals surface area contributed by atoms with Crippen molar-refractivity contribution < 1.29 is 9.90 Å². The Bertz CT molecular complexity index is 243. The van der Waals surface area contributed by atoms with E-state index in [2.05, 4.69) is 13.8 Å². The molecule has 0 aliphatic carbocycles. The van der Waals surface area contributed by atoms with Gasteiger partial charge in [0.05, 0.1) is 0 Å². The number of unbranched alkanes of at least 4 members (excludes halogenated alkanes) is 4. The zero-order chi connectivity index (χ0) is 13.8. The Hall–Kier alpha value is -0.790. The van der Waals surface area contributed by atoms with E-state index in [-0.39, 0.29) is 0 Å². The highest BCUT2D eigenvalue weighted by Gasteiger charge is 2.05. The van der Waals surface area contributed by atoms with E-state index in [0.717, 1.165) is 18.8 Å². The van der Waals surface area contributed by atoms with Gasteiger partial charge in [-0.1, -0.05) is 64.9 Å². The van der Waals surface area contributed by atoms with Crippen molar-refractivity contribution in [3.05, 3.63) is 11.6 Å². The fourth-order valence-corrected chi connectivity index (χ4v) is 2.22. The van der Waals surface area contributed by atoms with E-state index in [9.17, 15) is 4.79 Å². The molecule has 1 atom stereocenters. The van der Waals surface area contributed by atoms with Crippen molar-refractivity contribution in [3.8, 4) is 0 Å². The van der Waals surface area contributed by atoms with Crippen LogP contribution in [-0.2, 0) is 4.79 Å². The van der Waals surface area contributed by atoms with Gasteiger partial charge >= 0.3 is 5.97 Å². The van der Waals surface area contributed by atoms with Crippen LogP contribution in [0.15, 0.2) is 11.6 Å². The summed E-state index contributed by atoms with van der Waals surface area (Å²) < 4.78 is 0. The van der Waals surface area contributed by atoms with Crippen LogP contribution in [0.4, 0.5) is 0 Å². The van der Waals surface area contributed by atoms with Crippen molar-refractivity contribution in [2.24, 2.45) is 5.92 Å². The molecule has 18 heavy (non-hydrogen) atoms. The quantitative estimate of drug-likeness (QED) is 0.407. The highest BCUT2D eigenvalue weighted by Crippen LogP contribution is 2.20. The number of carboxylic acid groups (broad SMARTS) is 1. The van der Waals surface area contributed by atoms with Crippen LogP contribution >= 0.6 is 0 Å². The Morgan fingerprint density at radius 1 is 1.11 bits per heavy atom. The summed E-state index contributed by atoms with van der Waals surface area (Å²) in [5, 5.41) is 8.74. The molecule has 1 unspecified atom stereocenters. The van der Waals surface area contributed by atoms with Gasteiger partial charge in [-0.05, 0) is 25.7 Å². The van der Waals surface area contributed by atoms with Gasteiger partial charge in [-0.2, -0.15) is 0 Å². The maximum absolute atomic E-state index is 10.6. The lowest BCUT2D eigenvalue weighted by Gasteiger charge is -2.13. The third kappa shape index (κ3) is 9.26. The second kappa shape index (κ2) is 11.3. The lowest BCUT2D eigenvalue weighted by molar-refractivity contribution is -0.132. The Labute approximate surface area is 112 Å². The number of hydrogen-bond acceptors (Lipinski definition) is 1. The average molecular weight is 254 g/mol. The van der Waals surface area contributed by atoms with Crippen LogP contribution in [0.1, 0.15) is 78.6 Å². The third-order valence-electron chi connectivity index (χ3n) is 3.65. The molecule has 0 aliphatic rings. The molecular formula is C16H30O2. The highest BCUT2D eigenvalue weighted by molar-refractivity contribution is 5.85. The maximum atomic E-state index is 10.6. The summed E-state index contributed by atoms with van der Waals surface area (Å²) in [7, 11) is 0. The van der Waals surface area contributed by atoms with Crippen molar-refractivity contribution in [2.45, 2.75) is 78.6 Å².